The lowest BCUT2D eigenvalue weighted by Gasteiger charge is -2.21. The highest BCUT2D eigenvalue weighted by Crippen LogP contribution is 2.49. The summed E-state index contributed by atoms with van der Waals surface area (Å²) in [6.07, 6.45) is 2.25. The maximum absolute atomic E-state index is 14.2. The van der Waals surface area contributed by atoms with E-state index < -0.39 is 17.7 Å². The van der Waals surface area contributed by atoms with Gasteiger partial charge >= 0.3 is 11.9 Å². The number of nitrogens with two attached hydrogens (primary N) is 1. The number of nitrogen functional groups attached to an aromatic ring is 1. The molecule has 15 heteroatoms. The molecule has 330 valence electrons. The van der Waals surface area contributed by atoms with Gasteiger partial charge in [-0.1, -0.05) is 54.1 Å². The maximum atomic E-state index is 14.2. The molecule has 7 aromatic rings. The fourth-order valence-electron chi connectivity index (χ4n) is 7.09. The zero-order chi connectivity index (χ0) is 45.5. The molecule has 7 rings (SSSR count). The summed E-state index contributed by atoms with van der Waals surface area (Å²) < 4.78 is 44.0. The average Bonchev–Trinajstić information content (AvgIpc) is 3.67. The fraction of sp³-hybridized carbons (Fsp3) is 0.265. The van der Waals surface area contributed by atoms with Crippen molar-refractivity contribution in [2.45, 2.75) is 72.2 Å². The van der Waals surface area contributed by atoms with E-state index in [1.165, 1.54) is 29.8 Å². The molecular weight excluding hydrogens is 857 g/mol. The first-order chi connectivity index (χ1) is 30.7. The molecular formula is C49H47ClFN5O7S. The fourth-order valence-corrected chi connectivity index (χ4v) is 8.41. The molecule has 64 heavy (non-hydrogen) atoms. The molecule has 0 aliphatic rings. The van der Waals surface area contributed by atoms with Crippen molar-refractivity contribution >= 4 is 50.8 Å². The number of esters is 2. The lowest BCUT2D eigenvalue weighted by Crippen LogP contribution is -2.32. The minimum atomic E-state index is -1.24. The van der Waals surface area contributed by atoms with E-state index in [0.717, 1.165) is 27.1 Å². The molecule has 3 aromatic heterocycles. The third kappa shape index (κ3) is 10.6. The first-order valence-electron chi connectivity index (χ1n) is 20.6. The number of carbonyl (C=O) groups is 2. The highest BCUT2D eigenvalue weighted by Gasteiger charge is 2.30. The van der Waals surface area contributed by atoms with Crippen molar-refractivity contribution in [2.24, 2.45) is 0 Å². The van der Waals surface area contributed by atoms with E-state index in [1.54, 1.807) is 50.6 Å². The number of fused-ring (bicyclic) bond motifs is 1. The van der Waals surface area contributed by atoms with Gasteiger partial charge in [0.15, 0.2) is 5.82 Å². The van der Waals surface area contributed by atoms with Gasteiger partial charge in [-0.05, 0) is 111 Å². The summed E-state index contributed by atoms with van der Waals surface area (Å²) in [5.41, 5.74) is 11.5. The van der Waals surface area contributed by atoms with Gasteiger partial charge < -0.3 is 29.4 Å². The van der Waals surface area contributed by atoms with Crippen molar-refractivity contribution in [2.75, 3.05) is 19.5 Å². The number of halogens is 2. The highest BCUT2D eigenvalue weighted by molar-refractivity contribution is 7.22. The van der Waals surface area contributed by atoms with Crippen molar-refractivity contribution in [1.82, 2.24) is 19.9 Å². The van der Waals surface area contributed by atoms with Gasteiger partial charge in [-0.3, -0.25) is 4.79 Å². The van der Waals surface area contributed by atoms with Crippen molar-refractivity contribution in [1.29, 1.82) is 0 Å². The van der Waals surface area contributed by atoms with E-state index >= 15 is 0 Å². The number of anilines is 1. The summed E-state index contributed by atoms with van der Waals surface area (Å²) in [5.74, 6) is 0.299. The molecule has 0 amide bonds. The van der Waals surface area contributed by atoms with Crippen molar-refractivity contribution in [3.05, 3.63) is 131 Å². The van der Waals surface area contributed by atoms with Crippen LogP contribution in [0.3, 0.4) is 0 Å². The number of ether oxygens (including phenoxy) is 5. The summed E-state index contributed by atoms with van der Waals surface area (Å²) >= 11 is 8.09. The molecule has 0 aliphatic heterocycles. The summed E-state index contributed by atoms with van der Waals surface area (Å²) in [6.45, 7) is 9.17. The van der Waals surface area contributed by atoms with Crippen LogP contribution in [0, 0.1) is 12.7 Å². The van der Waals surface area contributed by atoms with Crippen molar-refractivity contribution in [3.63, 3.8) is 0 Å². The van der Waals surface area contributed by atoms with Crippen molar-refractivity contribution in [3.8, 4) is 50.3 Å². The van der Waals surface area contributed by atoms with Crippen LogP contribution in [0.1, 0.15) is 56.5 Å². The second-order valence-electron chi connectivity index (χ2n) is 15.8. The summed E-state index contributed by atoms with van der Waals surface area (Å²) in [5, 5.41) is 0.893. The number of para-hydroxylation sites is 1. The van der Waals surface area contributed by atoms with Gasteiger partial charge in [0, 0.05) is 29.5 Å². The SMILES string of the molecule is CCOC(=O)C(Cc1cc(CCC(=O)OC(C)(C)C)ccc1OCc1ccnc(-c2ccccc2OC)n1)Oc1ncnc2sc(-c3ccc(F)cc3)c(-c3ccc(N)c(Cl)c3C)c12. The number of thiophene rings is 1. The standard InChI is InChI=1S/C49H47ClFN5O7S/c1-7-60-48(58)39(62-46-42-41(34-18-19-36(52)43(50)28(34)2)44(64-47(42)55-27-54-46)30-14-16-32(51)17-15-30)25-31-24-29(13-21-40(57)63-49(3,4)5)12-20-37(31)61-26-33-22-23-53-45(56-33)35-10-8-9-11-38(35)59-6/h8-12,14-20,22-24,27,39H,7,13,21,25-26,52H2,1-6H3. The summed E-state index contributed by atoms with van der Waals surface area (Å²) in [7, 11) is 1.59. The molecule has 0 saturated carbocycles. The topological polar surface area (TPSA) is 158 Å². The van der Waals surface area contributed by atoms with E-state index in [-0.39, 0.29) is 43.7 Å². The molecule has 4 aromatic carbocycles. The Morgan fingerprint density at radius 1 is 0.938 bits per heavy atom. The average molecular weight is 904 g/mol. The van der Waals surface area contributed by atoms with Crippen LogP contribution >= 0.6 is 22.9 Å². The highest BCUT2D eigenvalue weighted by atomic mass is 35.5. The molecule has 0 spiro atoms. The molecule has 0 bridgehead atoms. The molecule has 0 aliphatic carbocycles. The zero-order valence-corrected chi connectivity index (χ0v) is 37.8. The number of carbonyl (C=O) groups excluding carboxylic acids is 2. The second kappa shape index (κ2) is 19.8. The van der Waals surface area contributed by atoms with Gasteiger partial charge in [-0.25, -0.2) is 29.1 Å². The first kappa shape index (κ1) is 45.4. The number of hydrogen-bond donors (Lipinski definition) is 1. The Balaban J connectivity index is 1.28. The Hall–Kier alpha value is -6.64. The maximum Gasteiger partial charge on any atom is 0.347 e. The number of aromatic nitrogens is 4. The third-order valence-corrected chi connectivity index (χ3v) is 11.7. The van der Waals surface area contributed by atoms with Crippen LogP contribution in [-0.2, 0) is 38.5 Å². The zero-order valence-electron chi connectivity index (χ0n) is 36.2. The molecule has 2 N–H and O–H groups in total. The first-order valence-corrected chi connectivity index (χ1v) is 21.8. The van der Waals surface area contributed by atoms with Crippen LogP contribution < -0.4 is 19.9 Å². The normalized spacial score (nSPS) is 11.9. The molecule has 1 unspecified atom stereocenters. The van der Waals surface area contributed by atoms with Crippen LogP contribution in [0.4, 0.5) is 10.1 Å². The summed E-state index contributed by atoms with van der Waals surface area (Å²) in [6, 6.07) is 24.5. The van der Waals surface area contributed by atoms with Crippen LogP contribution in [0.15, 0.2) is 97.5 Å². The molecule has 12 nitrogen and oxygen atoms in total. The Labute approximate surface area is 379 Å². The number of nitrogens with zero attached hydrogens (tertiary/aromatic N) is 4. The number of rotatable bonds is 16. The predicted molar refractivity (Wildman–Crippen MR) is 246 cm³/mol. The molecule has 1 atom stereocenters. The summed E-state index contributed by atoms with van der Waals surface area (Å²) in [4.78, 5) is 46.5. The van der Waals surface area contributed by atoms with Gasteiger partial charge in [0.05, 0.1) is 41.1 Å². The van der Waals surface area contributed by atoms with Gasteiger partial charge in [-0.2, -0.15) is 0 Å². The Morgan fingerprint density at radius 2 is 1.72 bits per heavy atom. The Bertz CT molecular complexity index is 2810. The van der Waals surface area contributed by atoms with E-state index in [2.05, 4.69) is 15.0 Å². The second-order valence-corrected chi connectivity index (χ2v) is 17.1. The molecule has 0 saturated heterocycles. The lowest BCUT2D eigenvalue weighted by molar-refractivity contribution is -0.154. The number of aryl methyl sites for hydroxylation is 1. The molecule has 3 heterocycles. The monoisotopic (exact) mass is 903 g/mol. The number of hydrogen-bond acceptors (Lipinski definition) is 13. The molecule has 0 fully saturated rings. The van der Waals surface area contributed by atoms with Crippen LogP contribution in [0.25, 0.3) is 43.2 Å². The quantitative estimate of drug-likeness (QED) is 0.0724. The Kier molecular flexibility index (Phi) is 14.1. The number of benzene rings is 4. The van der Waals surface area contributed by atoms with Crippen LogP contribution in [0.2, 0.25) is 5.02 Å². The Morgan fingerprint density at radius 3 is 2.47 bits per heavy atom. The van der Waals surface area contributed by atoms with Crippen LogP contribution in [-0.4, -0.2) is 57.3 Å². The van der Waals surface area contributed by atoms with E-state index in [9.17, 15) is 14.0 Å². The number of methoxy groups -OCH3 is 1. The van der Waals surface area contributed by atoms with Crippen molar-refractivity contribution < 1.29 is 37.7 Å². The third-order valence-electron chi connectivity index (χ3n) is 10.1. The van der Waals surface area contributed by atoms with Gasteiger partial charge in [0.2, 0.25) is 12.0 Å². The van der Waals surface area contributed by atoms with E-state index in [4.69, 9.17) is 46.0 Å². The van der Waals surface area contributed by atoms with E-state index in [1.807, 2.05) is 70.2 Å². The minimum Gasteiger partial charge on any atom is -0.496 e. The van der Waals surface area contributed by atoms with Gasteiger partial charge in [-0.15, -0.1) is 11.3 Å². The largest absolute Gasteiger partial charge is 0.496 e. The van der Waals surface area contributed by atoms with Crippen LogP contribution in [0.5, 0.6) is 17.4 Å². The van der Waals surface area contributed by atoms with Gasteiger partial charge in [0.1, 0.15) is 40.7 Å². The lowest BCUT2D eigenvalue weighted by atomic mass is 9.95. The van der Waals surface area contributed by atoms with Gasteiger partial charge in [0.25, 0.3) is 0 Å². The molecule has 0 radical (unpaired) electrons. The van der Waals surface area contributed by atoms with E-state index in [0.29, 0.717) is 67.1 Å². The smallest absolute Gasteiger partial charge is 0.347 e. The minimum absolute atomic E-state index is 0.0206. The predicted octanol–water partition coefficient (Wildman–Crippen LogP) is 10.6.